The van der Waals surface area contributed by atoms with E-state index in [1.807, 2.05) is 18.2 Å². The average Bonchev–Trinajstić information content (AvgIpc) is 2.87. The van der Waals surface area contributed by atoms with Crippen molar-refractivity contribution in [1.82, 2.24) is 4.98 Å². The van der Waals surface area contributed by atoms with Crippen LogP contribution in [0, 0.1) is 0 Å². The molecule has 1 aliphatic rings. The zero-order valence-corrected chi connectivity index (χ0v) is 9.99. The Morgan fingerprint density at radius 1 is 1.39 bits per heavy atom. The lowest BCUT2D eigenvalue weighted by molar-refractivity contribution is -0.116. The van der Waals surface area contributed by atoms with E-state index in [1.54, 1.807) is 13.3 Å². The molecule has 1 aliphatic heterocycles. The van der Waals surface area contributed by atoms with E-state index in [-0.39, 0.29) is 5.91 Å². The van der Waals surface area contributed by atoms with Crippen molar-refractivity contribution >= 4 is 17.6 Å². The number of oxazole rings is 1. The molecule has 2 heterocycles. The summed E-state index contributed by atoms with van der Waals surface area (Å²) in [4.78, 5) is 15.6. The monoisotopic (exact) mass is 243 g/mol. The molecule has 0 aliphatic carbocycles. The molecule has 5 nitrogen and oxygen atoms in total. The maximum atomic E-state index is 11.3. The molecule has 2 aromatic rings. The van der Waals surface area contributed by atoms with Gasteiger partial charge in [-0.05, 0) is 24.1 Å². The maximum Gasteiger partial charge on any atom is 0.294 e. The Hall–Kier alpha value is -2.30. The second kappa shape index (κ2) is 4.18. The minimum atomic E-state index is 0.0779. The number of hydrogen-bond donors (Lipinski definition) is 2. The summed E-state index contributed by atoms with van der Waals surface area (Å²) in [5.41, 5.74) is 3.82. The SMILES string of the molecule is CNc1nc(-c2ccc3c(c2)CCC(=O)N3)co1. The van der Waals surface area contributed by atoms with Crippen LogP contribution in [-0.4, -0.2) is 17.9 Å². The number of fused-ring (bicyclic) bond motifs is 1. The van der Waals surface area contributed by atoms with E-state index < -0.39 is 0 Å². The summed E-state index contributed by atoms with van der Waals surface area (Å²) in [6, 6.07) is 6.39. The molecule has 0 unspecified atom stereocenters. The molecule has 5 heteroatoms. The Labute approximate surface area is 104 Å². The minimum Gasteiger partial charge on any atom is -0.432 e. The average molecular weight is 243 g/mol. The number of rotatable bonds is 2. The molecule has 0 bridgehead atoms. The maximum absolute atomic E-state index is 11.3. The number of nitrogens with zero attached hydrogens (tertiary/aromatic N) is 1. The number of nitrogens with one attached hydrogen (secondary N) is 2. The number of anilines is 2. The lowest BCUT2D eigenvalue weighted by atomic mass is 9.99. The van der Waals surface area contributed by atoms with Crippen molar-refractivity contribution in [2.75, 3.05) is 17.7 Å². The first-order valence-electron chi connectivity index (χ1n) is 5.82. The Bertz CT molecular complexity index is 604. The molecule has 0 atom stereocenters. The highest BCUT2D eigenvalue weighted by molar-refractivity contribution is 5.94. The zero-order chi connectivity index (χ0) is 12.5. The summed E-state index contributed by atoms with van der Waals surface area (Å²) >= 11 is 0. The van der Waals surface area contributed by atoms with E-state index in [0.29, 0.717) is 12.4 Å². The van der Waals surface area contributed by atoms with Crippen molar-refractivity contribution in [3.8, 4) is 11.3 Å². The van der Waals surface area contributed by atoms with Gasteiger partial charge in [0.1, 0.15) is 12.0 Å². The minimum absolute atomic E-state index is 0.0779. The standard InChI is InChI=1S/C13H13N3O2/c1-14-13-16-11(7-18-13)9-2-4-10-8(6-9)3-5-12(17)15-10/h2,4,6-7H,3,5H2,1H3,(H,14,16)(H,15,17). The second-order valence-corrected chi connectivity index (χ2v) is 4.21. The van der Waals surface area contributed by atoms with Crippen LogP contribution in [0.25, 0.3) is 11.3 Å². The number of carbonyl (C=O) groups is 1. The van der Waals surface area contributed by atoms with Crippen LogP contribution in [0.3, 0.4) is 0 Å². The van der Waals surface area contributed by atoms with Crippen molar-refractivity contribution < 1.29 is 9.21 Å². The van der Waals surface area contributed by atoms with E-state index in [4.69, 9.17) is 4.42 Å². The van der Waals surface area contributed by atoms with Gasteiger partial charge in [-0.1, -0.05) is 6.07 Å². The highest BCUT2D eigenvalue weighted by Gasteiger charge is 2.15. The van der Waals surface area contributed by atoms with Crippen LogP contribution < -0.4 is 10.6 Å². The van der Waals surface area contributed by atoms with Gasteiger partial charge in [-0.2, -0.15) is 4.98 Å². The molecule has 0 saturated carbocycles. The molecular weight excluding hydrogens is 230 g/mol. The first kappa shape index (κ1) is 10.8. The molecule has 92 valence electrons. The summed E-state index contributed by atoms with van der Waals surface area (Å²) in [6.45, 7) is 0. The van der Waals surface area contributed by atoms with Gasteiger partial charge in [0, 0.05) is 24.7 Å². The van der Waals surface area contributed by atoms with E-state index in [0.717, 1.165) is 28.9 Å². The lowest BCUT2D eigenvalue weighted by Crippen LogP contribution is -2.18. The third-order valence-corrected chi connectivity index (χ3v) is 3.01. The molecule has 0 fully saturated rings. The van der Waals surface area contributed by atoms with Crippen LogP contribution in [0.1, 0.15) is 12.0 Å². The Balaban J connectivity index is 1.97. The predicted octanol–water partition coefficient (Wildman–Crippen LogP) is 2.27. The molecule has 1 aromatic carbocycles. The first-order valence-corrected chi connectivity index (χ1v) is 5.82. The van der Waals surface area contributed by atoms with E-state index in [9.17, 15) is 4.79 Å². The number of hydrogen-bond acceptors (Lipinski definition) is 4. The van der Waals surface area contributed by atoms with Gasteiger partial charge in [-0.15, -0.1) is 0 Å². The molecule has 1 aromatic heterocycles. The Morgan fingerprint density at radius 2 is 2.28 bits per heavy atom. The van der Waals surface area contributed by atoms with Crippen LogP contribution in [0.5, 0.6) is 0 Å². The Kier molecular flexibility index (Phi) is 2.51. The van der Waals surface area contributed by atoms with E-state index in [1.165, 1.54) is 0 Å². The highest BCUT2D eigenvalue weighted by atomic mass is 16.4. The quantitative estimate of drug-likeness (QED) is 0.849. The van der Waals surface area contributed by atoms with Gasteiger partial charge in [-0.25, -0.2) is 0 Å². The fourth-order valence-corrected chi connectivity index (χ4v) is 2.06. The van der Waals surface area contributed by atoms with E-state index >= 15 is 0 Å². The van der Waals surface area contributed by atoms with Crippen LogP contribution in [0.4, 0.5) is 11.7 Å². The molecule has 1 amide bonds. The molecule has 0 saturated heterocycles. The number of aryl methyl sites for hydroxylation is 1. The third kappa shape index (κ3) is 1.84. The summed E-state index contributed by atoms with van der Waals surface area (Å²) in [5, 5.41) is 5.71. The van der Waals surface area contributed by atoms with Gasteiger partial charge < -0.3 is 15.1 Å². The van der Waals surface area contributed by atoms with Crippen molar-refractivity contribution in [1.29, 1.82) is 0 Å². The fourth-order valence-electron chi connectivity index (χ4n) is 2.06. The second-order valence-electron chi connectivity index (χ2n) is 4.21. The normalized spacial score (nSPS) is 13.9. The highest BCUT2D eigenvalue weighted by Crippen LogP contribution is 2.28. The summed E-state index contributed by atoms with van der Waals surface area (Å²) in [5.74, 6) is 0.0779. The summed E-state index contributed by atoms with van der Waals surface area (Å²) in [6.07, 6.45) is 2.93. The fraction of sp³-hybridized carbons (Fsp3) is 0.231. The smallest absolute Gasteiger partial charge is 0.294 e. The number of aromatic nitrogens is 1. The molecule has 18 heavy (non-hydrogen) atoms. The third-order valence-electron chi connectivity index (χ3n) is 3.01. The van der Waals surface area contributed by atoms with Gasteiger partial charge in [-0.3, -0.25) is 4.79 Å². The largest absolute Gasteiger partial charge is 0.432 e. The zero-order valence-electron chi connectivity index (χ0n) is 9.99. The molecule has 2 N–H and O–H groups in total. The van der Waals surface area contributed by atoms with Crippen molar-refractivity contribution in [2.45, 2.75) is 12.8 Å². The van der Waals surface area contributed by atoms with Gasteiger partial charge in [0.05, 0.1) is 0 Å². The van der Waals surface area contributed by atoms with Crippen molar-refractivity contribution in [3.05, 3.63) is 30.0 Å². The van der Waals surface area contributed by atoms with Gasteiger partial charge in [0.2, 0.25) is 5.91 Å². The molecule has 0 radical (unpaired) electrons. The Morgan fingerprint density at radius 3 is 3.06 bits per heavy atom. The van der Waals surface area contributed by atoms with Crippen LogP contribution in [0.2, 0.25) is 0 Å². The van der Waals surface area contributed by atoms with Crippen molar-refractivity contribution in [3.63, 3.8) is 0 Å². The molecule has 0 spiro atoms. The lowest BCUT2D eigenvalue weighted by Gasteiger charge is -2.16. The first-order chi connectivity index (χ1) is 8.76. The summed E-state index contributed by atoms with van der Waals surface area (Å²) in [7, 11) is 1.76. The van der Waals surface area contributed by atoms with E-state index in [2.05, 4.69) is 15.6 Å². The van der Waals surface area contributed by atoms with Gasteiger partial charge in [0.15, 0.2) is 0 Å². The number of amides is 1. The van der Waals surface area contributed by atoms with Crippen LogP contribution in [-0.2, 0) is 11.2 Å². The number of carbonyl (C=O) groups excluding carboxylic acids is 1. The van der Waals surface area contributed by atoms with Crippen LogP contribution in [0.15, 0.2) is 28.9 Å². The van der Waals surface area contributed by atoms with Crippen LogP contribution >= 0.6 is 0 Å². The molecule has 3 rings (SSSR count). The number of benzene rings is 1. The van der Waals surface area contributed by atoms with Gasteiger partial charge >= 0.3 is 0 Å². The molecular formula is C13H13N3O2. The summed E-state index contributed by atoms with van der Waals surface area (Å²) < 4.78 is 5.24. The topological polar surface area (TPSA) is 67.2 Å². The predicted molar refractivity (Wildman–Crippen MR) is 68.4 cm³/mol. The van der Waals surface area contributed by atoms with Gasteiger partial charge in [0.25, 0.3) is 6.01 Å². The van der Waals surface area contributed by atoms with Crippen molar-refractivity contribution in [2.24, 2.45) is 0 Å².